The largest absolute Gasteiger partial charge is 0.365 e. The molecule has 3 heteroatoms. The predicted molar refractivity (Wildman–Crippen MR) is 69.3 cm³/mol. The van der Waals surface area contributed by atoms with Gasteiger partial charge in [-0.3, -0.25) is 0 Å². The summed E-state index contributed by atoms with van der Waals surface area (Å²) in [6, 6.07) is 10.7. The van der Waals surface area contributed by atoms with E-state index in [1.807, 2.05) is 12.1 Å². The molecule has 1 atom stereocenters. The minimum absolute atomic E-state index is 0.0776. The highest BCUT2D eigenvalue weighted by Gasteiger charge is 2.38. The van der Waals surface area contributed by atoms with Gasteiger partial charge in [-0.05, 0) is 44.5 Å². The molecule has 16 heavy (non-hydrogen) atoms. The van der Waals surface area contributed by atoms with Crippen LogP contribution in [0.15, 0.2) is 28.7 Å². The number of nitrogens with zero attached hydrogens (tertiary/aromatic N) is 2. The van der Waals surface area contributed by atoms with Crippen LogP contribution in [-0.4, -0.2) is 12.1 Å². The van der Waals surface area contributed by atoms with Gasteiger partial charge in [-0.15, -0.1) is 0 Å². The van der Waals surface area contributed by atoms with Crippen LogP contribution in [0.25, 0.3) is 0 Å². The van der Waals surface area contributed by atoms with E-state index in [4.69, 9.17) is 5.26 Å². The molecule has 0 amide bonds. The van der Waals surface area contributed by atoms with Crippen molar-refractivity contribution in [2.45, 2.75) is 25.8 Å². The van der Waals surface area contributed by atoms with Crippen LogP contribution in [0.4, 0.5) is 5.69 Å². The van der Waals surface area contributed by atoms with E-state index in [0.717, 1.165) is 17.4 Å². The van der Waals surface area contributed by atoms with E-state index in [1.54, 1.807) is 0 Å². The van der Waals surface area contributed by atoms with Crippen molar-refractivity contribution >= 4 is 21.6 Å². The van der Waals surface area contributed by atoms with Gasteiger partial charge in [0.1, 0.15) is 0 Å². The third-order valence-electron chi connectivity index (χ3n) is 3.20. The molecule has 1 aliphatic heterocycles. The van der Waals surface area contributed by atoms with E-state index in [0.29, 0.717) is 0 Å². The second-order valence-corrected chi connectivity index (χ2v) is 5.85. The fourth-order valence-electron chi connectivity index (χ4n) is 2.41. The number of rotatable bonds is 1. The van der Waals surface area contributed by atoms with Gasteiger partial charge in [0.2, 0.25) is 0 Å². The van der Waals surface area contributed by atoms with Crippen LogP contribution in [-0.2, 0) is 0 Å². The molecule has 0 saturated carbocycles. The lowest BCUT2D eigenvalue weighted by atomic mass is 9.97. The molecule has 0 aliphatic carbocycles. The topological polar surface area (TPSA) is 27.0 Å². The zero-order valence-corrected chi connectivity index (χ0v) is 11.2. The van der Waals surface area contributed by atoms with Crippen molar-refractivity contribution in [3.63, 3.8) is 0 Å². The Balaban J connectivity index is 2.28. The quantitative estimate of drug-likeness (QED) is 0.785. The van der Waals surface area contributed by atoms with E-state index < -0.39 is 0 Å². The minimum Gasteiger partial charge on any atom is -0.365 e. The molecule has 1 unspecified atom stereocenters. The second-order valence-electron chi connectivity index (χ2n) is 4.93. The Hall–Kier alpha value is -1.01. The van der Waals surface area contributed by atoms with Crippen LogP contribution in [0, 0.1) is 17.2 Å². The third-order valence-corrected chi connectivity index (χ3v) is 3.73. The van der Waals surface area contributed by atoms with Crippen LogP contribution in [0.3, 0.4) is 0 Å². The van der Waals surface area contributed by atoms with Crippen molar-refractivity contribution in [2.75, 3.05) is 11.4 Å². The lowest BCUT2D eigenvalue weighted by Crippen LogP contribution is -2.38. The molecule has 0 N–H and O–H groups in total. The van der Waals surface area contributed by atoms with E-state index in [9.17, 15) is 0 Å². The Labute approximate surface area is 105 Å². The summed E-state index contributed by atoms with van der Waals surface area (Å²) in [6.07, 6.45) is 0.944. The molecule has 0 bridgehead atoms. The van der Waals surface area contributed by atoms with Crippen molar-refractivity contribution in [1.82, 2.24) is 0 Å². The summed E-state index contributed by atoms with van der Waals surface area (Å²) in [6.45, 7) is 5.24. The highest BCUT2D eigenvalue weighted by Crippen LogP contribution is 2.36. The standard InChI is InChI=1S/C13H15BrN2/c1-13(2)7-10(8-15)9-16(13)12-5-3-11(14)4-6-12/h3-6,10H,7,9H2,1-2H3. The molecule has 84 valence electrons. The fraction of sp³-hybridized carbons (Fsp3) is 0.462. The zero-order chi connectivity index (χ0) is 11.8. The summed E-state index contributed by atoms with van der Waals surface area (Å²) in [5.74, 6) is 0.152. The fourth-order valence-corrected chi connectivity index (χ4v) is 2.67. The molecule has 1 aromatic rings. The van der Waals surface area contributed by atoms with Crippen LogP contribution in [0.2, 0.25) is 0 Å². The second kappa shape index (κ2) is 4.10. The monoisotopic (exact) mass is 278 g/mol. The number of hydrogen-bond donors (Lipinski definition) is 0. The van der Waals surface area contributed by atoms with E-state index in [1.165, 1.54) is 5.69 Å². The van der Waals surface area contributed by atoms with Crippen LogP contribution in [0.1, 0.15) is 20.3 Å². The number of anilines is 1. The highest BCUT2D eigenvalue weighted by atomic mass is 79.9. The minimum atomic E-state index is 0.0776. The molecule has 1 saturated heterocycles. The summed E-state index contributed by atoms with van der Waals surface area (Å²) >= 11 is 3.44. The highest BCUT2D eigenvalue weighted by molar-refractivity contribution is 9.10. The molecular weight excluding hydrogens is 264 g/mol. The summed E-state index contributed by atoms with van der Waals surface area (Å²) in [5, 5.41) is 9.02. The molecule has 1 aliphatic rings. The summed E-state index contributed by atoms with van der Waals surface area (Å²) in [5.41, 5.74) is 1.28. The van der Waals surface area contributed by atoms with Gasteiger partial charge in [-0.25, -0.2) is 0 Å². The molecule has 0 aromatic heterocycles. The number of hydrogen-bond acceptors (Lipinski definition) is 2. The summed E-state index contributed by atoms with van der Waals surface area (Å²) in [7, 11) is 0. The third kappa shape index (κ3) is 2.08. The number of benzene rings is 1. The first-order valence-corrected chi connectivity index (χ1v) is 6.25. The SMILES string of the molecule is CC1(C)CC(C#N)CN1c1ccc(Br)cc1. The van der Waals surface area contributed by atoms with Crippen molar-refractivity contribution in [3.8, 4) is 6.07 Å². The maximum Gasteiger partial charge on any atom is 0.0675 e. The summed E-state index contributed by atoms with van der Waals surface area (Å²) < 4.78 is 1.09. The van der Waals surface area contributed by atoms with E-state index >= 15 is 0 Å². The normalized spacial score (nSPS) is 23.1. The zero-order valence-electron chi connectivity index (χ0n) is 9.57. The molecule has 0 spiro atoms. The maximum absolute atomic E-state index is 9.02. The van der Waals surface area contributed by atoms with Gasteiger partial charge in [0.25, 0.3) is 0 Å². The molecular formula is C13H15BrN2. The van der Waals surface area contributed by atoms with Crippen molar-refractivity contribution in [2.24, 2.45) is 5.92 Å². The van der Waals surface area contributed by atoms with Gasteiger partial charge in [0, 0.05) is 22.2 Å². The van der Waals surface area contributed by atoms with Crippen LogP contribution in [0.5, 0.6) is 0 Å². The van der Waals surface area contributed by atoms with Gasteiger partial charge in [0.05, 0.1) is 12.0 Å². The Morgan fingerprint density at radius 1 is 1.38 bits per heavy atom. The van der Waals surface area contributed by atoms with Gasteiger partial charge < -0.3 is 4.90 Å². The smallest absolute Gasteiger partial charge is 0.0675 e. The molecule has 2 nitrogen and oxygen atoms in total. The van der Waals surface area contributed by atoms with Crippen molar-refractivity contribution < 1.29 is 0 Å². The average molecular weight is 279 g/mol. The molecule has 1 fully saturated rings. The molecule has 1 aromatic carbocycles. The van der Waals surface area contributed by atoms with Crippen LogP contribution < -0.4 is 4.90 Å². The lowest BCUT2D eigenvalue weighted by molar-refractivity contribution is 0.503. The molecule has 2 rings (SSSR count). The van der Waals surface area contributed by atoms with Gasteiger partial charge in [-0.1, -0.05) is 15.9 Å². The Morgan fingerprint density at radius 3 is 2.50 bits per heavy atom. The average Bonchev–Trinajstić information content (AvgIpc) is 2.55. The van der Waals surface area contributed by atoms with Gasteiger partial charge in [0.15, 0.2) is 0 Å². The lowest BCUT2D eigenvalue weighted by Gasteiger charge is -2.33. The predicted octanol–water partition coefficient (Wildman–Crippen LogP) is 3.58. The Kier molecular flexibility index (Phi) is 2.94. The first kappa shape index (κ1) is 11.5. The Morgan fingerprint density at radius 2 is 2.00 bits per heavy atom. The first-order valence-electron chi connectivity index (χ1n) is 5.46. The molecule has 1 heterocycles. The number of nitriles is 1. The van der Waals surface area contributed by atoms with Gasteiger partial charge in [-0.2, -0.15) is 5.26 Å². The first-order chi connectivity index (χ1) is 7.53. The number of halogens is 1. The Bertz CT molecular complexity index is 417. The maximum atomic E-state index is 9.02. The summed E-state index contributed by atoms with van der Waals surface area (Å²) in [4.78, 5) is 2.33. The van der Waals surface area contributed by atoms with Crippen molar-refractivity contribution in [3.05, 3.63) is 28.7 Å². The van der Waals surface area contributed by atoms with E-state index in [-0.39, 0.29) is 11.5 Å². The van der Waals surface area contributed by atoms with Crippen LogP contribution >= 0.6 is 15.9 Å². The van der Waals surface area contributed by atoms with Crippen molar-refractivity contribution in [1.29, 1.82) is 5.26 Å². The van der Waals surface area contributed by atoms with E-state index in [2.05, 4.69) is 52.9 Å². The van der Waals surface area contributed by atoms with Gasteiger partial charge >= 0.3 is 0 Å². The molecule has 0 radical (unpaired) electrons.